The molecule has 0 heterocycles. The van der Waals surface area contributed by atoms with Gasteiger partial charge in [-0.1, -0.05) is 20.3 Å². The summed E-state index contributed by atoms with van der Waals surface area (Å²) in [5, 5.41) is 0. The molecule has 0 fully saturated rings. The molecule has 3 atom stereocenters. The molecule has 21 heavy (non-hydrogen) atoms. The number of esters is 1. The number of hydrogen-bond acceptors (Lipinski definition) is 6. The highest BCUT2D eigenvalue weighted by molar-refractivity contribution is 7.88. The van der Waals surface area contributed by atoms with E-state index >= 15 is 0 Å². The second kappa shape index (κ2) is 9.34. The second-order valence-electron chi connectivity index (χ2n) is 5.47. The van der Waals surface area contributed by atoms with Gasteiger partial charge in [-0.15, -0.1) is 0 Å². The van der Waals surface area contributed by atoms with Gasteiger partial charge in [0.15, 0.2) is 0 Å². The van der Waals surface area contributed by atoms with Gasteiger partial charge in [0.25, 0.3) is 0 Å². The molecular formula is C13H28N2O5S. The maximum absolute atomic E-state index is 11.8. The Bertz CT molecular complexity index is 411. The summed E-state index contributed by atoms with van der Waals surface area (Å²) in [7, 11) is -3.32. The number of ether oxygens (including phenoxy) is 2. The van der Waals surface area contributed by atoms with Crippen molar-refractivity contribution in [3.63, 3.8) is 0 Å². The molecule has 0 aromatic heterocycles. The van der Waals surface area contributed by atoms with Crippen LogP contribution in [0.15, 0.2) is 0 Å². The van der Waals surface area contributed by atoms with Crippen molar-refractivity contribution in [1.29, 1.82) is 0 Å². The first-order chi connectivity index (χ1) is 9.56. The van der Waals surface area contributed by atoms with E-state index in [1.54, 1.807) is 0 Å². The van der Waals surface area contributed by atoms with E-state index in [9.17, 15) is 13.2 Å². The van der Waals surface area contributed by atoms with Gasteiger partial charge < -0.3 is 15.2 Å². The Morgan fingerprint density at radius 1 is 1.29 bits per heavy atom. The zero-order valence-electron chi connectivity index (χ0n) is 13.5. The summed E-state index contributed by atoms with van der Waals surface area (Å²) in [6, 6.07) is -0.683. The van der Waals surface area contributed by atoms with E-state index in [-0.39, 0.29) is 25.2 Å². The maximum Gasteiger partial charge on any atom is 0.323 e. The molecule has 0 aliphatic carbocycles. The summed E-state index contributed by atoms with van der Waals surface area (Å²) in [5.74, 6) is -0.475. The maximum atomic E-state index is 11.8. The molecule has 0 amide bonds. The average molecular weight is 324 g/mol. The third-order valence-corrected chi connectivity index (χ3v) is 3.67. The van der Waals surface area contributed by atoms with Crippen molar-refractivity contribution < 1.29 is 22.7 Å². The third-order valence-electron chi connectivity index (χ3n) is 2.98. The molecule has 0 rings (SSSR count). The Balaban J connectivity index is 4.44. The van der Waals surface area contributed by atoms with Gasteiger partial charge in [-0.05, 0) is 19.8 Å². The van der Waals surface area contributed by atoms with Crippen LogP contribution in [0.2, 0.25) is 0 Å². The van der Waals surface area contributed by atoms with E-state index in [0.717, 1.165) is 12.7 Å². The molecule has 7 nitrogen and oxygen atoms in total. The van der Waals surface area contributed by atoms with Crippen molar-refractivity contribution in [3.05, 3.63) is 0 Å². The monoisotopic (exact) mass is 324 g/mol. The Morgan fingerprint density at radius 2 is 1.86 bits per heavy atom. The van der Waals surface area contributed by atoms with E-state index in [4.69, 9.17) is 15.2 Å². The lowest BCUT2D eigenvalue weighted by molar-refractivity contribution is -0.151. The molecule has 0 saturated carbocycles. The average Bonchev–Trinajstić information content (AvgIpc) is 2.38. The van der Waals surface area contributed by atoms with Crippen LogP contribution in [0.3, 0.4) is 0 Å². The molecule has 0 unspecified atom stereocenters. The first-order valence-electron chi connectivity index (χ1n) is 7.09. The van der Waals surface area contributed by atoms with E-state index < -0.39 is 28.1 Å². The Morgan fingerprint density at radius 3 is 2.29 bits per heavy atom. The van der Waals surface area contributed by atoms with E-state index in [1.807, 2.05) is 27.7 Å². The molecule has 0 radical (unpaired) electrons. The van der Waals surface area contributed by atoms with Gasteiger partial charge in [0.1, 0.15) is 18.8 Å². The number of hydrogen-bond donors (Lipinski definition) is 2. The molecule has 126 valence electrons. The third kappa shape index (κ3) is 9.78. The van der Waals surface area contributed by atoms with Gasteiger partial charge in [0.05, 0.1) is 12.4 Å². The predicted octanol–water partition coefficient (Wildman–Crippen LogP) is 0.246. The number of sulfonamides is 1. The minimum atomic E-state index is -3.32. The predicted molar refractivity (Wildman–Crippen MR) is 81.2 cm³/mol. The van der Waals surface area contributed by atoms with Gasteiger partial charge in [0.2, 0.25) is 10.0 Å². The summed E-state index contributed by atoms with van der Waals surface area (Å²) in [6.45, 7) is 7.46. The number of carbonyl (C=O) groups excluding carboxylic acids is 1. The van der Waals surface area contributed by atoms with Crippen LogP contribution in [-0.2, 0) is 24.3 Å². The molecule has 3 N–H and O–H groups in total. The fourth-order valence-electron chi connectivity index (χ4n) is 1.53. The topological polar surface area (TPSA) is 108 Å². The van der Waals surface area contributed by atoms with Crippen molar-refractivity contribution in [3.8, 4) is 0 Å². The minimum Gasteiger partial charge on any atom is -0.462 e. The lowest BCUT2D eigenvalue weighted by Gasteiger charge is -2.22. The molecule has 0 spiro atoms. The Labute approximate surface area is 127 Å². The summed E-state index contributed by atoms with van der Waals surface area (Å²) in [5.41, 5.74) is 5.78. The highest BCUT2D eigenvalue weighted by Gasteiger charge is 2.23. The van der Waals surface area contributed by atoms with Crippen LogP contribution in [0, 0.1) is 5.92 Å². The zero-order valence-corrected chi connectivity index (χ0v) is 14.3. The number of carbonyl (C=O) groups is 1. The lowest BCUT2D eigenvalue weighted by Crippen LogP contribution is -2.42. The Kier molecular flexibility index (Phi) is 9.03. The van der Waals surface area contributed by atoms with E-state index in [0.29, 0.717) is 0 Å². The first-order valence-corrected chi connectivity index (χ1v) is 8.98. The van der Waals surface area contributed by atoms with Crippen molar-refractivity contribution in [1.82, 2.24) is 4.72 Å². The summed E-state index contributed by atoms with van der Waals surface area (Å²) < 4.78 is 35.2. The fraction of sp³-hybridized carbons (Fsp3) is 0.923. The Hall–Kier alpha value is -0.700. The molecule has 0 bridgehead atoms. The van der Waals surface area contributed by atoms with Gasteiger partial charge in [-0.25, -0.2) is 13.1 Å². The normalized spacial score (nSPS) is 16.5. The lowest BCUT2D eigenvalue weighted by atomic mass is 10.0. The SMILES string of the molecule is CC[C@H](C)[C@H](N)C(=O)OC[C@H](CNS(C)(=O)=O)OC(C)C. The van der Waals surface area contributed by atoms with Crippen LogP contribution in [-0.4, -0.2) is 52.0 Å². The van der Waals surface area contributed by atoms with Crippen molar-refractivity contribution >= 4 is 16.0 Å². The second-order valence-corrected chi connectivity index (χ2v) is 7.30. The smallest absolute Gasteiger partial charge is 0.323 e. The molecule has 8 heteroatoms. The van der Waals surface area contributed by atoms with Crippen molar-refractivity contribution in [2.24, 2.45) is 11.7 Å². The van der Waals surface area contributed by atoms with Gasteiger partial charge >= 0.3 is 5.97 Å². The van der Waals surface area contributed by atoms with Gasteiger partial charge in [0, 0.05) is 6.54 Å². The van der Waals surface area contributed by atoms with E-state index in [1.165, 1.54) is 0 Å². The van der Waals surface area contributed by atoms with Crippen molar-refractivity contribution in [2.75, 3.05) is 19.4 Å². The molecule has 0 aromatic rings. The van der Waals surface area contributed by atoms with Crippen LogP contribution in [0.4, 0.5) is 0 Å². The molecule has 0 aromatic carbocycles. The number of rotatable bonds is 10. The van der Waals surface area contributed by atoms with Crippen LogP contribution in [0.1, 0.15) is 34.1 Å². The largest absolute Gasteiger partial charge is 0.462 e. The highest BCUT2D eigenvalue weighted by atomic mass is 32.2. The fourth-order valence-corrected chi connectivity index (χ4v) is 2.02. The van der Waals surface area contributed by atoms with Crippen LogP contribution in [0.5, 0.6) is 0 Å². The zero-order chi connectivity index (χ0) is 16.6. The minimum absolute atomic E-state index is 0.0242. The number of nitrogens with one attached hydrogen (secondary N) is 1. The summed E-state index contributed by atoms with van der Waals surface area (Å²) >= 11 is 0. The van der Waals surface area contributed by atoms with E-state index in [2.05, 4.69) is 4.72 Å². The molecule has 0 aliphatic heterocycles. The molecule has 0 aliphatic rings. The molecule has 0 saturated heterocycles. The summed E-state index contributed by atoms with van der Waals surface area (Å²) in [4.78, 5) is 11.8. The quantitative estimate of drug-likeness (QED) is 0.558. The number of nitrogens with two attached hydrogens (primary N) is 1. The van der Waals surface area contributed by atoms with Gasteiger partial charge in [-0.3, -0.25) is 4.79 Å². The van der Waals surface area contributed by atoms with Crippen LogP contribution >= 0.6 is 0 Å². The summed E-state index contributed by atoms with van der Waals surface area (Å²) in [6.07, 6.45) is 1.17. The molecular weight excluding hydrogens is 296 g/mol. The van der Waals surface area contributed by atoms with Crippen molar-refractivity contribution in [2.45, 2.75) is 52.4 Å². The van der Waals surface area contributed by atoms with Crippen LogP contribution in [0.25, 0.3) is 0 Å². The first kappa shape index (κ1) is 20.3. The van der Waals surface area contributed by atoms with Crippen LogP contribution < -0.4 is 10.5 Å². The highest BCUT2D eigenvalue weighted by Crippen LogP contribution is 2.08. The van der Waals surface area contributed by atoms with Gasteiger partial charge in [-0.2, -0.15) is 0 Å². The standard InChI is InChI=1S/C13H28N2O5S/c1-6-10(4)12(14)13(16)19-8-11(20-9(2)3)7-15-21(5,17)18/h9-12,15H,6-8,14H2,1-5H3/t10-,11-,12-/m0/s1.